The number of rotatable bonds is 10. The second-order valence-corrected chi connectivity index (χ2v) is 14.4. The quantitative estimate of drug-likeness (QED) is 0.397. The van der Waals surface area contributed by atoms with Gasteiger partial charge in [-0.25, -0.2) is 14.6 Å². The van der Waals surface area contributed by atoms with Crippen LogP contribution in [-0.2, 0) is 22.3 Å². The van der Waals surface area contributed by atoms with Crippen molar-refractivity contribution in [2.75, 3.05) is 26.5 Å². The zero-order chi connectivity index (χ0) is 25.9. The van der Waals surface area contributed by atoms with Crippen molar-refractivity contribution in [1.82, 2.24) is 15.2 Å². The van der Waals surface area contributed by atoms with Crippen molar-refractivity contribution in [3.8, 4) is 0 Å². The molecule has 2 aromatic rings. The van der Waals surface area contributed by atoms with E-state index in [0.29, 0.717) is 19.0 Å². The van der Waals surface area contributed by atoms with E-state index in [1.54, 1.807) is 50.1 Å². The SMILES string of the molecule is CC(C)c1nc(CN(CCCc2ccccc2)C(=O)N[C@H](C(=O)O)C(C)C)cs1.CP(C)(C)=O. The predicted octanol–water partition coefficient (Wildman–Crippen LogP) is 5.76. The van der Waals surface area contributed by atoms with E-state index in [4.69, 9.17) is 0 Å². The number of carbonyl (C=O) groups excluding carboxylic acids is 1. The van der Waals surface area contributed by atoms with E-state index in [0.717, 1.165) is 23.5 Å². The van der Waals surface area contributed by atoms with Gasteiger partial charge >= 0.3 is 12.0 Å². The highest BCUT2D eigenvalue weighted by molar-refractivity contribution is 7.61. The third-order valence-electron chi connectivity index (χ3n) is 4.65. The van der Waals surface area contributed by atoms with Crippen LogP contribution in [0.1, 0.15) is 56.3 Å². The van der Waals surface area contributed by atoms with Gasteiger partial charge in [0.15, 0.2) is 0 Å². The first kappa shape index (κ1) is 29.9. The Bertz CT molecular complexity index is 932. The zero-order valence-corrected chi connectivity index (χ0v) is 23.2. The molecule has 0 aliphatic heterocycles. The summed E-state index contributed by atoms with van der Waals surface area (Å²) in [5, 5.41) is 15.1. The number of carbonyl (C=O) groups is 2. The Labute approximate surface area is 208 Å². The van der Waals surface area contributed by atoms with Gasteiger partial charge in [-0.15, -0.1) is 11.3 Å². The fraction of sp³-hybridized carbons (Fsp3) is 0.560. The molecule has 2 amide bonds. The maximum atomic E-state index is 12.9. The van der Waals surface area contributed by atoms with E-state index >= 15 is 0 Å². The molecule has 0 spiro atoms. The molecular formula is C25H40N3O4PS. The number of nitrogens with one attached hydrogen (secondary N) is 1. The third kappa shape index (κ3) is 12.3. The number of carboxylic acid groups (broad SMARTS) is 1. The van der Waals surface area contributed by atoms with Crippen molar-refractivity contribution in [3.63, 3.8) is 0 Å². The number of benzene rings is 1. The van der Waals surface area contributed by atoms with Crippen LogP contribution >= 0.6 is 18.5 Å². The van der Waals surface area contributed by atoms with Gasteiger partial charge in [0.1, 0.15) is 6.04 Å². The second kappa shape index (κ2) is 14.3. The first-order valence-electron chi connectivity index (χ1n) is 11.6. The lowest BCUT2D eigenvalue weighted by Gasteiger charge is -2.26. The van der Waals surface area contributed by atoms with Crippen LogP contribution in [0.15, 0.2) is 35.7 Å². The monoisotopic (exact) mass is 509 g/mol. The molecule has 9 heteroatoms. The number of hydrogen-bond donors (Lipinski definition) is 2. The van der Waals surface area contributed by atoms with E-state index in [-0.39, 0.29) is 11.9 Å². The molecule has 1 aromatic carbocycles. The van der Waals surface area contributed by atoms with Crippen LogP contribution < -0.4 is 5.32 Å². The number of aromatic nitrogens is 1. The number of thiazole rings is 1. The highest BCUT2D eigenvalue weighted by Gasteiger charge is 2.26. The minimum Gasteiger partial charge on any atom is -0.480 e. The Balaban J connectivity index is 0.00000104. The largest absolute Gasteiger partial charge is 0.480 e. The average molecular weight is 510 g/mol. The van der Waals surface area contributed by atoms with Gasteiger partial charge in [0.2, 0.25) is 0 Å². The summed E-state index contributed by atoms with van der Waals surface area (Å²) in [7, 11) is -1.64. The molecule has 7 nitrogen and oxygen atoms in total. The summed E-state index contributed by atoms with van der Waals surface area (Å²) in [6.45, 7) is 13.9. The number of hydrogen-bond acceptors (Lipinski definition) is 5. The van der Waals surface area contributed by atoms with Gasteiger partial charge in [-0.3, -0.25) is 0 Å². The first-order valence-corrected chi connectivity index (χ1v) is 15.5. The summed E-state index contributed by atoms with van der Waals surface area (Å²) in [5.41, 5.74) is 2.05. The molecule has 0 saturated carbocycles. The van der Waals surface area contributed by atoms with Gasteiger partial charge in [-0.05, 0) is 44.3 Å². The molecule has 190 valence electrons. The summed E-state index contributed by atoms with van der Waals surface area (Å²) in [6.07, 6.45) is 1.64. The van der Waals surface area contributed by atoms with Crippen LogP contribution in [0.2, 0.25) is 0 Å². The molecule has 0 aliphatic carbocycles. The molecule has 0 unspecified atom stereocenters. The van der Waals surface area contributed by atoms with Crippen molar-refractivity contribution in [2.24, 2.45) is 5.92 Å². The summed E-state index contributed by atoms with van der Waals surface area (Å²) >= 11 is 1.59. The van der Waals surface area contributed by atoms with Crippen LogP contribution in [0.25, 0.3) is 0 Å². The maximum Gasteiger partial charge on any atom is 0.326 e. The lowest BCUT2D eigenvalue weighted by molar-refractivity contribution is -0.140. The molecule has 34 heavy (non-hydrogen) atoms. The Morgan fingerprint density at radius 1 is 1.12 bits per heavy atom. The lowest BCUT2D eigenvalue weighted by atomic mass is 10.1. The van der Waals surface area contributed by atoms with Gasteiger partial charge in [-0.2, -0.15) is 0 Å². The Hall–Kier alpha value is -2.18. The molecule has 2 N–H and O–H groups in total. The second-order valence-electron chi connectivity index (χ2n) is 9.74. The molecular weight excluding hydrogens is 469 g/mol. The smallest absolute Gasteiger partial charge is 0.326 e. The van der Waals surface area contributed by atoms with Gasteiger partial charge in [0.25, 0.3) is 0 Å². The van der Waals surface area contributed by atoms with Crippen LogP contribution in [0, 0.1) is 5.92 Å². The van der Waals surface area contributed by atoms with Crippen LogP contribution in [0.3, 0.4) is 0 Å². The zero-order valence-electron chi connectivity index (χ0n) is 21.4. The van der Waals surface area contributed by atoms with Crippen LogP contribution in [-0.4, -0.2) is 59.6 Å². The molecule has 0 fully saturated rings. The topological polar surface area (TPSA) is 99.6 Å². The number of urea groups is 1. The Morgan fingerprint density at radius 2 is 1.71 bits per heavy atom. The molecule has 1 heterocycles. The van der Waals surface area contributed by atoms with E-state index in [1.807, 2.05) is 23.6 Å². The van der Waals surface area contributed by atoms with Crippen molar-refractivity contribution in [3.05, 3.63) is 52.0 Å². The van der Waals surface area contributed by atoms with Gasteiger partial charge in [0, 0.05) is 17.8 Å². The fourth-order valence-corrected chi connectivity index (χ4v) is 3.79. The summed E-state index contributed by atoms with van der Waals surface area (Å²) in [5.74, 6) is -0.880. The van der Waals surface area contributed by atoms with E-state index < -0.39 is 19.2 Å². The van der Waals surface area contributed by atoms with Crippen molar-refractivity contribution in [1.29, 1.82) is 0 Å². The highest BCUT2D eigenvalue weighted by Crippen LogP contribution is 2.28. The summed E-state index contributed by atoms with van der Waals surface area (Å²) < 4.78 is 10.2. The average Bonchev–Trinajstić information content (AvgIpc) is 3.19. The first-order chi connectivity index (χ1) is 15.8. The van der Waals surface area contributed by atoms with E-state index in [2.05, 4.69) is 36.3 Å². The molecule has 1 aromatic heterocycles. The normalized spacial score (nSPS) is 12.1. The standard InChI is InChI=1S/C22H31N3O3S.C3H9OP/c1-15(2)19(21(26)27)24-22(28)25(12-8-11-17-9-6-5-7-10-17)13-18-14-29-20(23-18)16(3)4;1-5(2,3)4/h5-7,9-10,14-16,19H,8,11-13H2,1-4H3,(H,24,28)(H,26,27);1-3H3/t19-;/m0./s1. The molecule has 0 radical (unpaired) electrons. The molecule has 1 atom stereocenters. The molecule has 0 bridgehead atoms. The van der Waals surface area contributed by atoms with Gasteiger partial charge in [-0.1, -0.05) is 58.0 Å². The molecule has 0 aliphatic rings. The molecule has 2 rings (SSSR count). The minimum atomic E-state index is -1.64. The van der Waals surface area contributed by atoms with Crippen LogP contribution in [0.4, 0.5) is 4.79 Å². The van der Waals surface area contributed by atoms with E-state index in [9.17, 15) is 19.3 Å². The fourth-order valence-electron chi connectivity index (χ4n) is 2.96. The number of nitrogens with zero attached hydrogens (tertiary/aromatic N) is 2. The van der Waals surface area contributed by atoms with E-state index in [1.165, 1.54) is 5.56 Å². The Kier molecular flexibility index (Phi) is 12.5. The number of amides is 2. The number of aliphatic carboxylic acids is 1. The van der Waals surface area contributed by atoms with Crippen molar-refractivity contribution in [2.45, 2.75) is 59.0 Å². The number of carboxylic acids is 1. The summed E-state index contributed by atoms with van der Waals surface area (Å²) in [6, 6.07) is 8.85. The Morgan fingerprint density at radius 3 is 2.18 bits per heavy atom. The highest BCUT2D eigenvalue weighted by atomic mass is 32.1. The number of aryl methyl sites for hydroxylation is 1. The minimum absolute atomic E-state index is 0.200. The van der Waals surface area contributed by atoms with Crippen molar-refractivity contribution < 1.29 is 19.3 Å². The third-order valence-corrected chi connectivity index (χ3v) is 5.85. The lowest BCUT2D eigenvalue weighted by Crippen LogP contribution is -2.50. The maximum absolute atomic E-state index is 12.9. The van der Waals surface area contributed by atoms with Crippen LogP contribution in [0.5, 0.6) is 0 Å². The summed E-state index contributed by atoms with van der Waals surface area (Å²) in [4.78, 5) is 30.7. The molecule has 0 saturated heterocycles. The van der Waals surface area contributed by atoms with Crippen molar-refractivity contribution >= 4 is 30.5 Å². The van der Waals surface area contributed by atoms with Gasteiger partial charge < -0.3 is 19.9 Å². The van der Waals surface area contributed by atoms with Gasteiger partial charge in [0.05, 0.1) is 24.4 Å². The predicted molar refractivity (Wildman–Crippen MR) is 142 cm³/mol.